The summed E-state index contributed by atoms with van der Waals surface area (Å²) in [5, 5.41) is 0. The Balaban J connectivity index is -0.00000242. The zero-order valence-corrected chi connectivity index (χ0v) is 17.9. The summed E-state index contributed by atoms with van der Waals surface area (Å²) in [5.41, 5.74) is 1.91. The standard InChI is InChI=1S/C19H35NO3.Na.H/c1-2-3-4-5-6-7-8-9-10-11-12-13-14-15-16-17-19(22)23-20-18-21;;/h9-10,18H,2-8,11-17H2,1H3,(H,20,21);;/q;+1;-1/b10-9-;;. The van der Waals surface area contributed by atoms with Crippen molar-refractivity contribution in [3.05, 3.63) is 12.2 Å². The maximum atomic E-state index is 11.1. The van der Waals surface area contributed by atoms with Crippen molar-refractivity contribution < 1.29 is 45.4 Å². The molecule has 0 atom stereocenters. The van der Waals surface area contributed by atoms with Crippen molar-refractivity contribution in [2.75, 3.05) is 0 Å². The van der Waals surface area contributed by atoms with Gasteiger partial charge in [-0.3, -0.25) is 4.79 Å². The Morgan fingerprint density at radius 1 is 0.875 bits per heavy atom. The molecule has 0 radical (unpaired) electrons. The van der Waals surface area contributed by atoms with E-state index in [0.29, 0.717) is 12.8 Å². The van der Waals surface area contributed by atoms with Crippen LogP contribution in [0.25, 0.3) is 0 Å². The van der Waals surface area contributed by atoms with Crippen molar-refractivity contribution in [3.8, 4) is 0 Å². The summed E-state index contributed by atoms with van der Waals surface area (Å²) in [7, 11) is 0. The Hall–Kier alpha value is -0.320. The van der Waals surface area contributed by atoms with E-state index in [4.69, 9.17) is 0 Å². The number of carbonyl (C=O) groups excluding carboxylic acids is 2. The van der Waals surface area contributed by atoms with Crippen molar-refractivity contribution in [2.45, 2.75) is 96.8 Å². The van der Waals surface area contributed by atoms with Gasteiger partial charge in [0.25, 0.3) is 0 Å². The molecule has 24 heavy (non-hydrogen) atoms. The molecule has 0 aromatic heterocycles. The second-order valence-electron chi connectivity index (χ2n) is 6.04. The van der Waals surface area contributed by atoms with Crippen molar-refractivity contribution in [1.82, 2.24) is 5.48 Å². The van der Waals surface area contributed by atoms with Gasteiger partial charge < -0.3 is 6.26 Å². The molecule has 0 heterocycles. The van der Waals surface area contributed by atoms with E-state index in [0.717, 1.165) is 19.3 Å². The van der Waals surface area contributed by atoms with Crippen LogP contribution in [0.1, 0.15) is 98.2 Å². The first kappa shape index (κ1) is 25.9. The van der Waals surface area contributed by atoms with Crippen molar-refractivity contribution >= 4 is 12.4 Å². The molecule has 0 aromatic carbocycles. The average molecular weight is 349 g/mol. The monoisotopic (exact) mass is 349 g/mol. The number of unbranched alkanes of at least 4 members (excludes halogenated alkanes) is 11. The summed E-state index contributed by atoms with van der Waals surface area (Å²) in [6, 6.07) is 0. The zero-order valence-electron chi connectivity index (χ0n) is 16.9. The molecule has 0 saturated carbocycles. The van der Waals surface area contributed by atoms with Crippen LogP contribution in [0, 0.1) is 0 Å². The molecule has 0 aliphatic rings. The molecule has 0 aliphatic heterocycles. The summed E-state index contributed by atoms with van der Waals surface area (Å²) in [4.78, 5) is 25.5. The Morgan fingerprint density at radius 2 is 1.38 bits per heavy atom. The topological polar surface area (TPSA) is 55.4 Å². The minimum absolute atomic E-state index is 0. The number of hydrogen-bond donors (Lipinski definition) is 1. The first-order valence-electron chi connectivity index (χ1n) is 9.35. The molecule has 1 amide bonds. The SMILES string of the molecule is CCCCCCCC/C=C\CCCCCCCC(=O)ONC=O.[H-].[Na+]. The van der Waals surface area contributed by atoms with E-state index >= 15 is 0 Å². The Bertz CT molecular complexity index is 315. The van der Waals surface area contributed by atoms with Gasteiger partial charge in [0.05, 0.1) is 0 Å². The summed E-state index contributed by atoms with van der Waals surface area (Å²) in [5.74, 6) is -0.366. The number of carbonyl (C=O) groups is 2. The molecule has 0 fully saturated rings. The average Bonchev–Trinajstić information content (AvgIpc) is 2.56. The van der Waals surface area contributed by atoms with Crippen molar-refractivity contribution in [2.24, 2.45) is 0 Å². The van der Waals surface area contributed by atoms with Gasteiger partial charge in [0.15, 0.2) is 0 Å². The Kier molecular flexibility index (Phi) is 24.5. The molecule has 0 aliphatic carbocycles. The van der Waals surface area contributed by atoms with E-state index in [1.165, 1.54) is 64.2 Å². The third kappa shape index (κ3) is 21.7. The van der Waals surface area contributed by atoms with E-state index < -0.39 is 0 Å². The van der Waals surface area contributed by atoms with Crippen LogP contribution in [0.3, 0.4) is 0 Å². The van der Waals surface area contributed by atoms with Gasteiger partial charge in [-0.25, -0.2) is 4.79 Å². The van der Waals surface area contributed by atoms with Gasteiger partial charge >= 0.3 is 35.5 Å². The summed E-state index contributed by atoms with van der Waals surface area (Å²) in [6.07, 6.45) is 21.4. The second kappa shape index (κ2) is 22.7. The van der Waals surface area contributed by atoms with Crippen LogP contribution in [0.2, 0.25) is 0 Å². The predicted octanol–water partition coefficient (Wildman–Crippen LogP) is 2.34. The van der Waals surface area contributed by atoms with E-state index in [1.54, 1.807) is 0 Å². The van der Waals surface area contributed by atoms with E-state index in [1.807, 2.05) is 5.48 Å². The van der Waals surface area contributed by atoms with Crippen LogP contribution in [0.15, 0.2) is 12.2 Å². The first-order valence-corrected chi connectivity index (χ1v) is 9.35. The van der Waals surface area contributed by atoms with Gasteiger partial charge in [-0.05, 0) is 32.1 Å². The van der Waals surface area contributed by atoms with Crippen LogP contribution in [0.5, 0.6) is 0 Å². The van der Waals surface area contributed by atoms with Crippen LogP contribution in [-0.2, 0) is 14.4 Å². The van der Waals surface area contributed by atoms with Crippen molar-refractivity contribution in [1.29, 1.82) is 0 Å². The summed E-state index contributed by atoms with van der Waals surface area (Å²) < 4.78 is 0. The fourth-order valence-corrected chi connectivity index (χ4v) is 2.48. The Labute approximate surface area is 171 Å². The smallest absolute Gasteiger partial charge is 1.00 e. The van der Waals surface area contributed by atoms with Gasteiger partial charge in [0, 0.05) is 6.42 Å². The van der Waals surface area contributed by atoms with E-state index in [9.17, 15) is 9.59 Å². The number of nitrogens with one attached hydrogen (secondary N) is 1. The second-order valence-corrected chi connectivity index (χ2v) is 6.04. The molecule has 0 unspecified atom stereocenters. The number of rotatable bonds is 17. The minimum Gasteiger partial charge on any atom is -1.00 e. The third-order valence-corrected chi connectivity index (χ3v) is 3.86. The largest absolute Gasteiger partial charge is 1.00 e. The first-order chi connectivity index (χ1) is 11.3. The molecule has 0 rings (SSSR count). The molecule has 1 N–H and O–H groups in total. The predicted molar refractivity (Wildman–Crippen MR) is 95.9 cm³/mol. The molecular weight excluding hydrogens is 313 g/mol. The van der Waals surface area contributed by atoms with Gasteiger partial charge in [-0.1, -0.05) is 70.4 Å². The molecular formula is C19H36NNaO3. The van der Waals surface area contributed by atoms with Gasteiger partial charge in [-0.15, -0.1) is 0 Å². The molecule has 4 nitrogen and oxygen atoms in total. The van der Waals surface area contributed by atoms with Gasteiger partial charge in [0.2, 0.25) is 6.41 Å². The van der Waals surface area contributed by atoms with Gasteiger partial charge in [0.1, 0.15) is 0 Å². The van der Waals surface area contributed by atoms with Crippen LogP contribution in [0.4, 0.5) is 0 Å². The number of amides is 1. The van der Waals surface area contributed by atoms with Crippen LogP contribution in [-0.4, -0.2) is 12.4 Å². The quantitative estimate of drug-likeness (QED) is 0.144. The maximum absolute atomic E-state index is 11.1. The van der Waals surface area contributed by atoms with E-state index in [-0.39, 0.29) is 37.0 Å². The molecule has 136 valence electrons. The Morgan fingerprint density at radius 3 is 1.92 bits per heavy atom. The number of hydroxylamine groups is 1. The van der Waals surface area contributed by atoms with Crippen LogP contribution < -0.4 is 35.0 Å². The minimum atomic E-state index is -0.366. The summed E-state index contributed by atoms with van der Waals surface area (Å²) in [6.45, 7) is 2.25. The summed E-state index contributed by atoms with van der Waals surface area (Å²) >= 11 is 0. The molecule has 0 saturated heterocycles. The van der Waals surface area contributed by atoms with Gasteiger partial charge in [-0.2, -0.15) is 5.48 Å². The van der Waals surface area contributed by atoms with Crippen LogP contribution >= 0.6 is 0 Å². The van der Waals surface area contributed by atoms with E-state index in [2.05, 4.69) is 23.9 Å². The normalized spacial score (nSPS) is 10.4. The molecule has 5 heteroatoms. The third-order valence-electron chi connectivity index (χ3n) is 3.86. The fraction of sp³-hybridized carbons (Fsp3) is 0.789. The molecule has 0 aromatic rings. The van der Waals surface area contributed by atoms with Crippen molar-refractivity contribution in [3.63, 3.8) is 0 Å². The fourth-order valence-electron chi connectivity index (χ4n) is 2.48. The number of hydrogen-bond acceptors (Lipinski definition) is 3. The molecule has 0 bridgehead atoms. The maximum Gasteiger partial charge on any atom is 1.00 e. The number of allylic oxidation sites excluding steroid dienone is 2. The zero-order chi connectivity index (χ0) is 17.0. The molecule has 0 spiro atoms.